The Bertz CT molecular complexity index is 448. The third-order valence-electron chi connectivity index (χ3n) is 4.50. The van der Waals surface area contributed by atoms with Gasteiger partial charge >= 0.3 is 0 Å². The van der Waals surface area contributed by atoms with Crippen LogP contribution in [-0.2, 0) is 6.42 Å². The summed E-state index contributed by atoms with van der Waals surface area (Å²) in [6, 6.07) is 0. The molecule has 0 aliphatic heterocycles. The maximum Gasteiger partial charge on any atom is 0.229 e. The molecule has 1 fully saturated rings. The first-order chi connectivity index (χ1) is 9.22. The van der Waals surface area contributed by atoms with Crippen molar-refractivity contribution >= 4 is 0 Å². The smallest absolute Gasteiger partial charge is 0.229 e. The van der Waals surface area contributed by atoms with Crippen molar-refractivity contribution in [3.05, 3.63) is 11.7 Å². The topological polar surface area (TPSA) is 59.2 Å². The molecule has 4 heteroatoms. The molecule has 114 valence electrons. The summed E-state index contributed by atoms with van der Waals surface area (Å²) in [6.45, 7) is 10.7. The minimum absolute atomic E-state index is 0.0933. The fourth-order valence-electron chi connectivity index (χ4n) is 3.51. The first-order valence-corrected chi connectivity index (χ1v) is 7.77. The van der Waals surface area contributed by atoms with E-state index in [1.807, 2.05) is 13.8 Å². The zero-order valence-electron chi connectivity index (χ0n) is 13.4. The van der Waals surface area contributed by atoms with Gasteiger partial charge < -0.3 is 9.63 Å². The molecular weight excluding hydrogens is 252 g/mol. The Kier molecular flexibility index (Phi) is 4.24. The summed E-state index contributed by atoms with van der Waals surface area (Å²) in [5.74, 6) is 1.84. The maximum atomic E-state index is 11.1. The van der Waals surface area contributed by atoms with Crippen LogP contribution in [0.2, 0.25) is 0 Å². The van der Waals surface area contributed by atoms with E-state index in [1.54, 1.807) is 0 Å². The quantitative estimate of drug-likeness (QED) is 0.917. The summed E-state index contributed by atoms with van der Waals surface area (Å²) < 4.78 is 5.33. The number of hydrogen-bond acceptors (Lipinski definition) is 4. The van der Waals surface area contributed by atoms with Gasteiger partial charge in [0.25, 0.3) is 0 Å². The molecule has 1 N–H and O–H groups in total. The summed E-state index contributed by atoms with van der Waals surface area (Å²) >= 11 is 0. The zero-order valence-corrected chi connectivity index (χ0v) is 13.4. The standard InChI is InChI=1S/C16H28N2O2/c1-11(2)14-17-13(20-18-14)10-16(19)9-7-6-8-12(16)15(3,4)5/h11-12,19H,6-10H2,1-5H3/t12-,16-/m1/s1. The third-order valence-corrected chi connectivity index (χ3v) is 4.50. The highest BCUT2D eigenvalue weighted by Crippen LogP contribution is 2.45. The molecule has 2 atom stereocenters. The Labute approximate surface area is 122 Å². The predicted molar refractivity (Wildman–Crippen MR) is 78.5 cm³/mol. The molecule has 0 unspecified atom stereocenters. The molecule has 1 saturated carbocycles. The summed E-state index contributed by atoms with van der Waals surface area (Å²) in [4.78, 5) is 4.43. The zero-order chi connectivity index (χ0) is 15.0. The largest absolute Gasteiger partial charge is 0.389 e. The molecule has 1 aromatic rings. The van der Waals surface area contributed by atoms with Crippen LogP contribution >= 0.6 is 0 Å². The number of hydrogen-bond donors (Lipinski definition) is 1. The summed E-state index contributed by atoms with van der Waals surface area (Å²) in [7, 11) is 0. The van der Waals surface area contributed by atoms with Gasteiger partial charge in [-0.25, -0.2) is 0 Å². The van der Waals surface area contributed by atoms with Gasteiger partial charge in [-0.3, -0.25) is 0 Å². The third kappa shape index (κ3) is 3.22. The SMILES string of the molecule is CC(C)c1noc(C[C@]2(O)CCCC[C@@H]2C(C)(C)C)n1. The summed E-state index contributed by atoms with van der Waals surface area (Å²) in [5, 5.41) is 15.1. The molecule has 0 spiro atoms. The molecule has 0 amide bonds. The highest BCUT2D eigenvalue weighted by Gasteiger charge is 2.45. The fourth-order valence-corrected chi connectivity index (χ4v) is 3.51. The lowest BCUT2D eigenvalue weighted by Crippen LogP contribution is -2.48. The minimum atomic E-state index is -0.711. The lowest BCUT2D eigenvalue weighted by Gasteiger charge is -2.46. The van der Waals surface area contributed by atoms with Crippen molar-refractivity contribution in [2.24, 2.45) is 11.3 Å². The average Bonchev–Trinajstić information content (AvgIpc) is 2.75. The van der Waals surface area contributed by atoms with Crippen molar-refractivity contribution in [3.8, 4) is 0 Å². The molecule has 2 rings (SSSR count). The normalized spacial score (nSPS) is 28.1. The number of nitrogens with zero attached hydrogens (tertiary/aromatic N) is 2. The fraction of sp³-hybridized carbons (Fsp3) is 0.875. The van der Waals surface area contributed by atoms with Crippen LogP contribution in [0.15, 0.2) is 4.52 Å². The Morgan fingerprint density at radius 2 is 2.05 bits per heavy atom. The Balaban J connectivity index is 2.18. The molecule has 0 saturated heterocycles. The molecule has 1 aromatic heterocycles. The van der Waals surface area contributed by atoms with Crippen LogP contribution < -0.4 is 0 Å². The summed E-state index contributed by atoms with van der Waals surface area (Å²) in [6.07, 6.45) is 4.66. The van der Waals surface area contributed by atoms with Crippen LogP contribution in [0.1, 0.15) is 77.9 Å². The molecule has 0 radical (unpaired) electrons. The highest BCUT2D eigenvalue weighted by molar-refractivity contribution is 5.02. The Hall–Kier alpha value is -0.900. The molecule has 1 heterocycles. The van der Waals surface area contributed by atoms with Crippen molar-refractivity contribution in [3.63, 3.8) is 0 Å². The van der Waals surface area contributed by atoms with Crippen LogP contribution in [0.3, 0.4) is 0 Å². The molecular formula is C16H28N2O2. The van der Waals surface area contributed by atoms with Gasteiger partial charge in [-0.15, -0.1) is 0 Å². The van der Waals surface area contributed by atoms with E-state index in [0.717, 1.165) is 25.1 Å². The molecule has 1 aliphatic rings. The van der Waals surface area contributed by atoms with Crippen molar-refractivity contribution in [1.29, 1.82) is 0 Å². The van der Waals surface area contributed by atoms with E-state index in [9.17, 15) is 5.11 Å². The van der Waals surface area contributed by atoms with Gasteiger partial charge in [0.1, 0.15) is 0 Å². The number of rotatable bonds is 3. The van der Waals surface area contributed by atoms with Crippen LogP contribution in [0.25, 0.3) is 0 Å². The van der Waals surface area contributed by atoms with E-state index in [2.05, 4.69) is 30.9 Å². The molecule has 1 aliphatic carbocycles. The van der Waals surface area contributed by atoms with Crippen molar-refractivity contribution in [2.75, 3.05) is 0 Å². The van der Waals surface area contributed by atoms with Gasteiger partial charge in [-0.2, -0.15) is 4.98 Å². The van der Waals surface area contributed by atoms with Gasteiger partial charge in [0.05, 0.1) is 12.0 Å². The predicted octanol–water partition coefficient (Wildman–Crippen LogP) is 3.70. The molecule has 0 aromatic carbocycles. The second-order valence-corrected chi connectivity index (χ2v) is 7.65. The second-order valence-electron chi connectivity index (χ2n) is 7.65. The lowest BCUT2D eigenvalue weighted by molar-refractivity contribution is -0.0926. The van der Waals surface area contributed by atoms with E-state index < -0.39 is 5.60 Å². The molecule has 0 bridgehead atoms. The van der Waals surface area contributed by atoms with Gasteiger partial charge in [-0.1, -0.05) is 52.6 Å². The first-order valence-electron chi connectivity index (χ1n) is 7.77. The van der Waals surface area contributed by atoms with Crippen LogP contribution in [0, 0.1) is 11.3 Å². The first kappa shape index (κ1) is 15.5. The Morgan fingerprint density at radius 3 is 2.60 bits per heavy atom. The van der Waals surface area contributed by atoms with Crippen molar-refractivity contribution < 1.29 is 9.63 Å². The van der Waals surface area contributed by atoms with E-state index >= 15 is 0 Å². The van der Waals surface area contributed by atoms with Crippen LogP contribution in [0.4, 0.5) is 0 Å². The van der Waals surface area contributed by atoms with E-state index in [-0.39, 0.29) is 17.3 Å². The second kappa shape index (κ2) is 5.47. The lowest BCUT2D eigenvalue weighted by atomic mass is 9.63. The number of aromatic nitrogens is 2. The van der Waals surface area contributed by atoms with E-state index in [0.29, 0.717) is 12.3 Å². The van der Waals surface area contributed by atoms with Crippen LogP contribution in [0.5, 0.6) is 0 Å². The number of aliphatic hydroxyl groups is 1. The average molecular weight is 280 g/mol. The molecule has 4 nitrogen and oxygen atoms in total. The van der Waals surface area contributed by atoms with Crippen LogP contribution in [-0.4, -0.2) is 20.8 Å². The summed E-state index contributed by atoms with van der Waals surface area (Å²) in [5.41, 5.74) is -0.618. The molecule has 20 heavy (non-hydrogen) atoms. The van der Waals surface area contributed by atoms with Crippen molar-refractivity contribution in [1.82, 2.24) is 10.1 Å². The maximum absolute atomic E-state index is 11.1. The highest BCUT2D eigenvalue weighted by atomic mass is 16.5. The van der Waals surface area contributed by atoms with Crippen molar-refractivity contribution in [2.45, 2.75) is 78.2 Å². The monoisotopic (exact) mass is 280 g/mol. The van der Waals surface area contributed by atoms with E-state index in [1.165, 1.54) is 6.42 Å². The minimum Gasteiger partial charge on any atom is -0.389 e. The van der Waals surface area contributed by atoms with E-state index in [4.69, 9.17) is 4.52 Å². The Morgan fingerprint density at radius 1 is 1.35 bits per heavy atom. The van der Waals surface area contributed by atoms with Gasteiger partial charge in [0, 0.05) is 5.92 Å². The van der Waals surface area contributed by atoms with Gasteiger partial charge in [-0.05, 0) is 24.2 Å². The van der Waals surface area contributed by atoms with Gasteiger partial charge in [0.2, 0.25) is 5.89 Å². The van der Waals surface area contributed by atoms with Gasteiger partial charge in [0.15, 0.2) is 5.82 Å².